The van der Waals surface area contributed by atoms with E-state index in [1.54, 1.807) is 7.11 Å². The van der Waals surface area contributed by atoms with Crippen LogP contribution in [-0.2, 0) is 9.47 Å². The Labute approximate surface area is 181 Å². The minimum atomic E-state index is 0.227. The van der Waals surface area contributed by atoms with E-state index in [2.05, 4.69) is 34.6 Å². The van der Waals surface area contributed by atoms with E-state index in [0.717, 1.165) is 70.6 Å². The molecule has 168 valence electrons. The van der Waals surface area contributed by atoms with E-state index in [1.807, 2.05) is 12.1 Å². The number of hydrogen-bond donors (Lipinski definition) is 2. The third-order valence-electron chi connectivity index (χ3n) is 5.70. The zero-order chi connectivity index (χ0) is 21.0. The maximum absolute atomic E-state index is 5.85. The Morgan fingerprint density at radius 1 is 1.27 bits per heavy atom. The van der Waals surface area contributed by atoms with Crippen molar-refractivity contribution in [1.82, 2.24) is 15.5 Å². The predicted octanol–water partition coefficient (Wildman–Crippen LogP) is 2.58. The number of likely N-dealkylation sites (tertiary alicyclic amines) is 1. The zero-order valence-corrected chi connectivity index (χ0v) is 18.6. The van der Waals surface area contributed by atoms with Crippen LogP contribution in [-0.4, -0.2) is 76.6 Å². The van der Waals surface area contributed by atoms with Crippen LogP contribution in [0.4, 0.5) is 0 Å². The molecule has 7 heteroatoms. The van der Waals surface area contributed by atoms with Gasteiger partial charge in [-0.25, -0.2) is 0 Å². The first kappa shape index (κ1) is 22.8. The molecule has 2 fully saturated rings. The summed E-state index contributed by atoms with van der Waals surface area (Å²) >= 11 is 0. The smallest absolute Gasteiger partial charge is 0.191 e. The summed E-state index contributed by atoms with van der Waals surface area (Å²) in [4.78, 5) is 7.45. The molecule has 0 saturated carbocycles. The highest BCUT2D eigenvalue weighted by molar-refractivity contribution is 5.79. The highest BCUT2D eigenvalue weighted by Crippen LogP contribution is 2.31. The normalized spacial score (nSPS) is 21.0. The van der Waals surface area contributed by atoms with Crippen LogP contribution in [0.1, 0.15) is 44.2 Å². The summed E-state index contributed by atoms with van der Waals surface area (Å²) in [6.07, 6.45) is 4.73. The van der Waals surface area contributed by atoms with Gasteiger partial charge in [-0.1, -0.05) is 18.2 Å². The molecule has 2 saturated heterocycles. The molecule has 1 aromatic rings. The fourth-order valence-corrected chi connectivity index (χ4v) is 4.10. The van der Waals surface area contributed by atoms with Crippen molar-refractivity contribution >= 4 is 5.96 Å². The van der Waals surface area contributed by atoms with Gasteiger partial charge in [-0.2, -0.15) is 0 Å². The topological polar surface area (TPSA) is 67.4 Å². The van der Waals surface area contributed by atoms with Crippen molar-refractivity contribution in [3.63, 3.8) is 0 Å². The van der Waals surface area contributed by atoms with Crippen molar-refractivity contribution in [2.24, 2.45) is 4.99 Å². The molecule has 2 unspecified atom stereocenters. The highest BCUT2D eigenvalue weighted by atomic mass is 16.5. The van der Waals surface area contributed by atoms with Gasteiger partial charge in [-0.15, -0.1) is 0 Å². The Balaban J connectivity index is 1.56. The van der Waals surface area contributed by atoms with E-state index >= 15 is 0 Å². The third-order valence-corrected chi connectivity index (χ3v) is 5.70. The van der Waals surface area contributed by atoms with Gasteiger partial charge in [-0.3, -0.25) is 9.89 Å². The van der Waals surface area contributed by atoms with E-state index in [4.69, 9.17) is 19.2 Å². The van der Waals surface area contributed by atoms with Gasteiger partial charge in [-0.05, 0) is 51.8 Å². The number of methoxy groups -OCH3 is 1. The maximum Gasteiger partial charge on any atom is 0.191 e. The third kappa shape index (κ3) is 6.86. The summed E-state index contributed by atoms with van der Waals surface area (Å²) in [5.74, 6) is 1.80. The standard InChI is InChI=1S/C23H38N4O3/c1-3-24-23(25-12-8-15-30-19-11-16-29-18-19)26-17-21(27-13-6-7-14-27)20-9-4-5-10-22(20)28-2/h4-5,9-10,19,21H,3,6-8,11-18H2,1-2H3,(H2,24,25,26). The molecule has 0 radical (unpaired) electrons. The highest BCUT2D eigenvalue weighted by Gasteiger charge is 2.25. The number of nitrogens with one attached hydrogen (secondary N) is 2. The molecule has 2 heterocycles. The first-order chi connectivity index (χ1) is 14.8. The molecule has 0 aromatic heterocycles. The van der Waals surface area contributed by atoms with Crippen LogP contribution in [0.3, 0.4) is 0 Å². The quantitative estimate of drug-likeness (QED) is 0.327. The maximum atomic E-state index is 5.85. The SMILES string of the molecule is CCNC(=NCC(c1ccccc1OC)N1CCCC1)NCCCOC1CCOC1. The van der Waals surface area contributed by atoms with E-state index in [9.17, 15) is 0 Å². The Kier molecular flexibility index (Phi) is 9.73. The van der Waals surface area contributed by atoms with E-state index < -0.39 is 0 Å². The number of benzene rings is 1. The van der Waals surface area contributed by atoms with Gasteiger partial charge in [0.2, 0.25) is 0 Å². The molecule has 3 rings (SSSR count). The van der Waals surface area contributed by atoms with Gasteiger partial charge in [0.1, 0.15) is 5.75 Å². The van der Waals surface area contributed by atoms with Crippen molar-refractivity contribution in [3.05, 3.63) is 29.8 Å². The molecule has 2 aliphatic heterocycles. The summed E-state index contributed by atoms with van der Waals surface area (Å²) in [7, 11) is 1.74. The molecule has 0 aliphatic carbocycles. The lowest BCUT2D eigenvalue weighted by atomic mass is 10.0. The monoisotopic (exact) mass is 418 g/mol. The summed E-state index contributed by atoms with van der Waals surface area (Å²) in [6, 6.07) is 8.55. The molecule has 7 nitrogen and oxygen atoms in total. The van der Waals surface area contributed by atoms with Gasteiger partial charge < -0.3 is 24.8 Å². The van der Waals surface area contributed by atoms with Crippen LogP contribution in [0.15, 0.2) is 29.3 Å². The van der Waals surface area contributed by atoms with Crippen LogP contribution in [0.2, 0.25) is 0 Å². The lowest BCUT2D eigenvalue weighted by Crippen LogP contribution is -2.39. The van der Waals surface area contributed by atoms with Gasteiger partial charge >= 0.3 is 0 Å². The van der Waals surface area contributed by atoms with Crippen molar-refractivity contribution in [3.8, 4) is 5.75 Å². The van der Waals surface area contributed by atoms with Crippen molar-refractivity contribution in [2.75, 3.05) is 59.7 Å². The minimum Gasteiger partial charge on any atom is -0.496 e. The number of para-hydroxylation sites is 1. The number of aliphatic imine (C=N–C) groups is 1. The lowest BCUT2D eigenvalue weighted by molar-refractivity contribution is 0.0420. The number of rotatable bonds is 11. The number of guanidine groups is 1. The molecular weight excluding hydrogens is 380 g/mol. The van der Waals surface area contributed by atoms with Crippen LogP contribution >= 0.6 is 0 Å². The number of nitrogens with zero attached hydrogens (tertiary/aromatic N) is 2. The first-order valence-electron chi connectivity index (χ1n) is 11.4. The van der Waals surface area contributed by atoms with Crippen LogP contribution in [0.5, 0.6) is 5.75 Å². The van der Waals surface area contributed by atoms with Crippen LogP contribution < -0.4 is 15.4 Å². The Hall–Kier alpha value is -1.83. The second kappa shape index (κ2) is 12.8. The Bertz CT molecular complexity index is 643. The second-order valence-corrected chi connectivity index (χ2v) is 7.86. The predicted molar refractivity (Wildman–Crippen MR) is 120 cm³/mol. The molecule has 2 atom stereocenters. The van der Waals surface area contributed by atoms with Crippen molar-refractivity contribution in [1.29, 1.82) is 0 Å². The fourth-order valence-electron chi connectivity index (χ4n) is 4.10. The van der Waals surface area contributed by atoms with E-state index in [-0.39, 0.29) is 12.1 Å². The zero-order valence-electron chi connectivity index (χ0n) is 18.6. The van der Waals surface area contributed by atoms with E-state index in [1.165, 1.54) is 18.4 Å². The molecular formula is C23H38N4O3. The molecule has 30 heavy (non-hydrogen) atoms. The van der Waals surface area contributed by atoms with Gasteiger partial charge in [0.05, 0.1) is 32.4 Å². The van der Waals surface area contributed by atoms with Gasteiger partial charge in [0.15, 0.2) is 5.96 Å². The lowest BCUT2D eigenvalue weighted by Gasteiger charge is -2.28. The Morgan fingerprint density at radius 3 is 2.83 bits per heavy atom. The number of ether oxygens (including phenoxy) is 3. The first-order valence-corrected chi connectivity index (χ1v) is 11.4. The number of hydrogen-bond acceptors (Lipinski definition) is 5. The van der Waals surface area contributed by atoms with Crippen LogP contribution in [0.25, 0.3) is 0 Å². The largest absolute Gasteiger partial charge is 0.496 e. The summed E-state index contributed by atoms with van der Waals surface area (Å²) in [5, 5.41) is 6.82. The summed E-state index contributed by atoms with van der Waals surface area (Å²) < 4.78 is 16.8. The average Bonchev–Trinajstić information content (AvgIpc) is 3.48. The second-order valence-electron chi connectivity index (χ2n) is 7.86. The van der Waals surface area contributed by atoms with Crippen molar-refractivity contribution < 1.29 is 14.2 Å². The summed E-state index contributed by atoms with van der Waals surface area (Å²) in [5.41, 5.74) is 1.22. The molecule has 0 amide bonds. The summed E-state index contributed by atoms with van der Waals surface area (Å²) in [6.45, 7) is 9.01. The van der Waals surface area contributed by atoms with Crippen LogP contribution in [0, 0.1) is 0 Å². The fraction of sp³-hybridized carbons (Fsp3) is 0.696. The van der Waals surface area contributed by atoms with Gasteiger partial charge in [0.25, 0.3) is 0 Å². The van der Waals surface area contributed by atoms with Gasteiger partial charge in [0, 0.05) is 31.9 Å². The van der Waals surface area contributed by atoms with E-state index in [0.29, 0.717) is 6.54 Å². The molecule has 1 aromatic carbocycles. The minimum absolute atomic E-state index is 0.227. The van der Waals surface area contributed by atoms with Crippen molar-refractivity contribution in [2.45, 2.75) is 44.8 Å². The molecule has 2 N–H and O–H groups in total. The molecule has 2 aliphatic rings. The average molecular weight is 419 g/mol. The molecule has 0 bridgehead atoms. The Morgan fingerprint density at radius 2 is 2.10 bits per heavy atom. The molecule has 0 spiro atoms.